The van der Waals surface area contributed by atoms with Crippen molar-refractivity contribution in [3.63, 3.8) is 0 Å². The Bertz CT molecular complexity index is 1200. The number of likely N-dealkylation sites (N-methyl/N-ethyl adjacent to an activating group) is 1. The molecule has 0 bridgehead atoms. The average Bonchev–Trinajstić information content (AvgIpc) is 3.13. The summed E-state index contributed by atoms with van der Waals surface area (Å²) in [6.07, 6.45) is 1.12. The van der Waals surface area contributed by atoms with E-state index in [1.807, 2.05) is 25.1 Å². The number of amides is 1. The second-order valence-corrected chi connectivity index (χ2v) is 9.56. The first-order valence-electron chi connectivity index (χ1n) is 12.0. The van der Waals surface area contributed by atoms with Gasteiger partial charge in [-0.15, -0.1) is 0 Å². The van der Waals surface area contributed by atoms with Gasteiger partial charge < -0.3 is 19.9 Å². The number of aromatic nitrogens is 1. The third-order valence-electron chi connectivity index (χ3n) is 6.74. The van der Waals surface area contributed by atoms with Crippen molar-refractivity contribution in [1.82, 2.24) is 19.7 Å². The van der Waals surface area contributed by atoms with Gasteiger partial charge in [0.2, 0.25) is 5.91 Å². The summed E-state index contributed by atoms with van der Waals surface area (Å²) >= 11 is 6.00. The highest BCUT2D eigenvalue weighted by Crippen LogP contribution is 2.30. The number of nitrogens with zero attached hydrogens (tertiary/aromatic N) is 3. The fraction of sp³-hybridized carbons (Fsp3) is 0.407. The third-order valence-corrected chi connectivity index (χ3v) is 6.99. The van der Waals surface area contributed by atoms with Gasteiger partial charge in [-0.25, -0.2) is 0 Å². The van der Waals surface area contributed by atoms with Gasteiger partial charge in [0.15, 0.2) is 0 Å². The smallest absolute Gasteiger partial charge is 0.262 e. The summed E-state index contributed by atoms with van der Waals surface area (Å²) < 4.78 is 7.09. The number of carbonyl (C=O) groups is 2. The zero-order chi connectivity index (χ0) is 24.9. The van der Waals surface area contributed by atoms with Crippen LogP contribution in [0.2, 0.25) is 5.02 Å². The summed E-state index contributed by atoms with van der Waals surface area (Å²) in [4.78, 5) is 31.1. The van der Waals surface area contributed by atoms with E-state index in [2.05, 4.69) is 22.2 Å². The first kappa shape index (κ1) is 25.2. The van der Waals surface area contributed by atoms with E-state index in [0.717, 1.165) is 61.3 Å². The first-order valence-corrected chi connectivity index (χ1v) is 12.4. The van der Waals surface area contributed by atoms with Crippen LogP contribution in [0.15, 0.2) is 42.5 Å². The number of carbonyl (C=O) groups excluding carboxylic acids is 2. The van der Waals surface area contributed by atoms with Gasteiger partial charge >= 0.3 is 0 Å². The van der Waals surface area contributed by atoms with Crippen LogP contribution < -0.4 is 10.1 Å². The Morgan fingerprint density at radius 1 is 1.06 bits per heavy atom. The molecule has 1 aliphatic heterocycles. The maximum absolute atomic E-state index is 13.4. The van der Waals surface area contributed by atoms with Crippen molar-refractivity contribution in [2.24, 2.45) is 0 Å². The molecule has 7 nitrogen and oxygen atoms in total. The van der Waals surface area contributed by atoms with Crippen molar-refractivity contribution in [1.29, 1.82) is 0 Å². The number of piperazine rings is 1. The molecule has 0 radical (unpaired) electrons. The second-order valence-electron chi connectivity index (χ2n) is 9.12. The molecule has 186 valence electrons. The maximum atomic E-state index is 13.4. The molecule has 1 amide bonds. The number of halogens is 1. The minimum absolute atomic E-state index is 0.0488. The van der Waals surface area contributed by atoms with E-state index in [1.165, 1.54) is 0 Å². The van der Waals surface area contributed by atoms with Gasteiger partial charge in [-0.2, -0.15) is 0 Å². The van der Waals surface area contributed by atoms with Crippen molar-refractivity contribution in [2.45, 2.75) is 19.8 Å². The number of fused-ring (bicyclic) bond motifs is 1. The standard InChI is InChI=1S/C27H33ClN4O3/c1-19-23(18-26(33)29-11-4-12-31-15-13-30(2)14-16-31)24-17-22(35-3)9-10-25(24)32(19)27(34)20-5-7-21(28)8-6-20/h5-10,17H,4,11-16,18H2,1-3H3,(H,29,33). The number of hydrogen-bond acceptors (Lipinski definition) is 5. The molecule has 0 unspecified atom stereocenters. The van der Waals surface area contributed by atoms with E-state index >= 15 is 0 Å². The molecule has 0 spiro atoms. The van der Waals surface area contributed by atoms with Gasteiger partial charge in [-0.3, -0.25) is 14.2 Å². The molecule has 0 aliphatic carbocycles. The normalized spacial score (nSPS) is 14.9. The molecule has 1 aliphatic rings. The predicted octanol–water partition coefficient (Wildman–Crippen LogP) is 3.60. The zero-order valence-electron chi connectivity index (χ0n) is 20.6. The fourth-order valence-corrected chi connectivity index (χ4v) is 4.75. The van der Waals surface area contributed by atoms with Crippen LogP contribution in [0.3, 0.4) is 0 Å². The Morgan fingerprint density at radius 3 is 2.46 bits per heavy atom. The van der Waals surface area contributed by atoms with Crippen LogP contribution in [0.25, 0.3) is 10.9 Å². The quantitative estimate of drug-likeness (QED) is 0.483. The summed E-state index contributed by atoms with van der Waals surface area (Å²) in [5.74, 6) is 0.475. The molecule has 1 N–H and O–H groups in total. The minimum atomic E-state index is -0.159. The second kappa shape index (κ2) is 11.2. The SMILES string of the molecule is COc1ccc2c(c1)c(CC(=O)NCCCN1CCN(C)CC1)c(C)n2C(=O)c1ccc(Cl)cc1. The molecule has 3 aromatic rings. The molecule has 0 atom stereocenters. The number of rotatable bonds is 8. The molecular weight excluding hydrogens is 464 g/mol. The lowest BCUT2D eigenvalue weighted by Gasteiger charge is -2.32. The molecule has 0 saturated carbocycles. The van der Waals surface area contributed by atoms with Gasteiger partial charge in [-0.05, 0) is 75.0 Å². The summed E-state index contributed by atoms with van der Waals surface area (Å²) in [6.45, 7) is 7.84. The van der Waals surface area contributed by atoms with E-state index < -0.39 is 0 Å². The lowest BCUT2D eigenvalue weighted by molar-refractivity contribution is -0.120. The number of hydrogen-bond donors (Lipinski definition) is 1. The van der Waals surface area contributed by atoms with Crippen LogP contribution in [0.4, 0.5) is 0 Å². The Kier molecular flexibility index (Phi) is 8.11. The van der Waals surface area contributed by atoms with Crippen LogP contribution >= 0.6 is 11.6 Å². The van der Waals surface area contributed by atoms with Crippen LogP contribution in [0, 0.1) is 6.92 Å². The summed E-state index contributed by atoms with van der Waals surface area (Å²) in [6, 6.07) is 12.4. The van der Waals surface area contributed by atoms with Crippen LogP contribution in [-0.2, 0) is 11.2 Å². The van der Waals surface area contributed by atoms with Crippen molar-refractivity contribution in [3.8, 4) is 5.75 Å². The minimum Gasteiger partial charge on any atom is -0.497 e. The van der Waals surface area contributed by atoms with E-state index in [1.54, 1.807) is 35.9 Å². The van der Waals surface area contributed by atoms with E-state index in [-0.39, 0.29) is 18.2 Å². The first-order chi connectivity index (χ1) is 16.9. The summed E-state index contributed by atoms with van der Waals surface area (Å²) in [5.41, 5.74) is 2.87. The molecule has 2 heterocycles. The third kappa shape index (κ3) is 5.86. The number of benzene rings is 2. The Balaban J connectivity index is 1.49. The molecule has 35 heavy (non-hydrogen) atoms. The summed E-state index contributed by atoms with van der Waals surface area (Å²) in [5, 5.41) is 4.48. The maximum Gasteiger partial charge on any atom is 0.262 e. The highest BCUT2D eigenvalue weighted by atomic mass is 35.5. The molecule has 1 saturated heterocycles. The highest BCUT2D eigenvalue weighted by molar-refractivity contribution is 6.30. The van der Waals surface area contributed by atoms with Crippen LogP contribution in [-0.4, -0.2) is 79.6 Å². The summed E-state index contributed by atoms with van der Waals surface area (Å²) in [7, 11) is 3.76. The van der Waals surface area contributed by atoms with Crippen molar-refractivity contribution >= 4 is 34.3 Å². The fourth-order valence-electron chi connectivity index (χ4n) is 4.62. The number of methoxy groups -OCH3 is 1. The van der Waals surface area contributed by atoms with Gasteiger partial charge in [0.05, 0.1) is 19.0 Å². The molecular formula is C27H33ClN4O3. The molecule has 1 aromatic heterocycles. The highest BCUT2D eigenvalue weighted by Gasteiger charge is 2.22. The average molecular weight is 497 g/mol. The topological polar surface area (TPSA) is 66.8 Å². The van der Waals surface area contributed by atoms with Crippen molar-refractivity contribution < 1.29 is 14.3 Å². The van der Waals surface area contributed by atoms with Crippen LogP contribution in [0.1, 0.15) is 28.0 Å². The molecule has 1 fully saturated rings. The number of ether oxygens (including phenoxy) is 1. The lowest BCUT2D eigenvalue weighted by atomic mass is 10.1. The largest absolute Gasteiger partial charge is 0.497 e. The van der Waals surface area contributed by atoms with E-state index in [9.17, 15) is 9.59 Å². The van der Waals surface area contributed by atoms with E-state index in [0.29, 0.717) is 22.9 Å². The Morgan fingerprint density at radius 2 is 1.77 bits per heavy atom. The zero-order valence-corrected chi connectivity index (χ0v) is 21.4. The van der Waals surface area contributed by atoms with Gasteiger partial charge in [0, 0.05) is 54.4 Å². The Labute approximate surface area is 211 Å². The van der Waals surface area contributed by atoms with Gasteiger partial charge in [0.1, 0.15) is 5.75 Å². The van der Waals surface area contributed by atoms with Gasteiger partial charge in [-0.1, -0.05) is 11.6 Å². The number of nitrogens with one attached hydrogen (secondary N) is 1. The van der Waals surface area contributed by atoms with E-state index in [4.69, 9.17) is 16.3 Å². The lowest BCUT2D eigenvalue weighted by Crippen LogP contribution is -2.45. The molecule has 2 aromatic carbocycles. The van der Waals surface area contributed by atoms with Crippen molar-refractivity contribution in [3.05, 3.63) is 64.3 Å². The van der Waals surface area contributed by atoms with Gasteiger partial charge in [0.25, 0.3) is 5.91 Å². The predicted molar refractivity (Wildman–Crippen MR) is 140 cm³/mol. The molecule has 4 rings (SSSR count). The molecule has 8 heteroatoms. The van der Waals surface area contributed by atoms with Crippen molar-refractivity contribution in [2.75, 3.05) is 53.4 Å². The van der Waals surface area contributed by atoms with Crippen LogP contribution in [0.5, 0.6) is 5.75 Å². The Hall–Kier alpha value is -2.87. The monoisotopic (exact) mass is 496 g/mol.